The average Bonchev–Trinajstić information content (AvgIpc) is 2.57. The van der Waals surface area contributed by atoms with Crippen molar-refractivity contribution in [3.63, 3.8) is 0 Å². The topological polar surface area (TPSA) is 61.8 Å². The first kappa shape index (κ1) is 16.6. The number of carbonyl (C=O) groups is 2. The van der Waals surface area contributed by atoms with E-state index in [1.165, 1.54) is 13.2 Å². The van der Waals surface area contributed by atoms with E-state index in [0.29, 0.717) is 11.5 Å². The van der Waals surface area contributed by atoms with Crippen molar-refractivity contribution in [2.45, 2.75) is 19.8 Å². The minimum atomic E-state index is -0.738. The zero-order chi connectivity index (χ0) is 17.6. The van der Waals surface area contributed by atoms with Crippen LogP contribution in [0.3, 0.4) is 0 Å². The van der Waals surface area contributed by atoms with Crippen molar-refractivity contribution in [2.24, 2.45) is 17.3 Å². The lowest BCUT2D eigenvalue weighted by molar-refractivity contribution is -0.158. The quantitative estimate of drug-likeness (QED) is 0.849. The van der Waals surface area contributed by atoms with Crippen molar-refractivity contribution < 1.29 is 23.8 Å². The maximum absolute atomic E-state index is 12.7. The highest BCUT2D eigenvalue weighted by Crippen LogP contribution is 2.64. The van der Waals surface area contributed by atoms with Crippen LogP contribution in [0.5, 0.6) is 11.5 Å². The van der Waals surface area contributed by atoms with Crippen molar-refractivity contribution in [3.8, 4) is 11.5 Å². The van der Waals surface area contributed by atoms with Crippen molar-refractivity contribution in [1.82, 2.24) is 0 Å². The molecule has 0 N–H and O–H groups in total. The fraction of sp³-hybridized carbons (Fsp3) is 0.474. The summed E-state index contributed by atoms with van der Waals surface area (Å²) < 4.78 is 15.7. The molecule has 24 heavy (non-hydrogen) atoms. The molecule has 1 aromatic carbocycles. The van der Waals surface area contributed by atoms with E-state index in [0.717, 1.165) is 5.56 Å². The van der Waals surface area contributed by atoms with Crippen LogP contribution in [0.4, 0.5) is 0 Å². The zero-order valence-electron chi connectivity index (χ0n) is 14.6. The van der Waals surface area contributed by atoms with Crippen molar-refractivity contribution in [3.05, 3.63) is 35.6 Å². The van der Waals surface area contributed by atoms with E-state index in [4.69, 9.17) is 14.2 Å². The van der Waals surface area contributed by atoms with Gasteiger partial charge in [-0.1, -0.05) is 19.9 Å². The van der Waals surface area contributed by atoms with Crippen LogP contribution in [0.1, 0.15) is 25.3 Å². The molecule has 2 aliphatic carbocycles. The lowest BCUT2D eigenvalue weighted by Crippen LogP contribution is -2.61. The Labute approximate surface area is 141 Å². The van der Waals surface area contributed by atoms with E-state index < -0.39 is 5.41 Å². The number of hydrogen-bond donors (Lipinski definition) is 0. The summed E-state index contributed by atoms with van der Waals surface area (Å²) in [7, 11) is 4.59. The van der Waals surface area contributed by atoms with Crippen LogP contribution in [-0.4, -0.2) is 32.9 Å². The molecule has 1 fully saturated rings. The first-order chi connectivity index (χ1) is 11.4. The van der Waals surface area contributed by atoms with Gasteiger partial charge >= 0.3 is 0 Å². The van der Waals surface area contributed by atoms with E-state index in [1.807, 2.05) is 32.0 Å². The van der Waals surface area contributed by atoms with E-state index in [1.54, 1.807) is 14.2 Å². The fourth-order valence-electron chi connectivity index (χ4n) is 4.53. The molecule has 1 aromatic rings. The van der Waals surface area contributed by atoms with Crippen molar-refractivity contribution >= 4 is 11.6 Å². The maximum atomic E-state index is 12.7. The standard InChI is InChI=1S/C19H22O5/c1-10-16(11-6-7-12(22-3)13(8-11)23-4)19(2)15(20)9-14(24-5)18(21)17(10)19/h6-10,16-17H,1-5H3/t10?,16?,17?,19-/m1/s1. The Hall–Kier alpha value is -2.30. The lowest BCUT2D eigenvalue weighted by atomic mass is 9.42. The third-order valence-corrected chi connectivity index (χ3v) is 5.65. The second kappa shape index (κ2) is 5.65. The number of hydrogen-bond acceptors (Lipinski definition) is 5. The highest BCUT2D eigenvalue weighted by Gasteiger charge is 2.66. The zero-order valence-corrected chi connectivity index (χ0v) is 14.6. The molecule has 4 atom stereocenters. The first-order valence-corrected chi connectivity index (χ1v) is 7.96. The Morgan fingerprint density at radius 2 is 1.62 bits per heavy atom. The smallest absolute Gasteiger partial charge is 0.201 e. The van der Waals surface area contributed by atoms with Crippen LogP contribution in [0, 0.1) is 17.3 Å². The Bertz CT molecular complexity index is 735. The molecule has 128 valence electrons. The summed E-state index contributed by atoms with van der Waals surface area (Å²) in [5.41, 5.74) is 0.243. The van der Waals surface area contributed by atoms with Gasteiger partial charge in [-0.2, -0.15) is 0 Å². The highest BCUT2D eigenvalue weighted by atomic mass is 16.5. The Morgan fingerprint density at radius 1 is 0.958 bits per heavy atom. The average molecular weight is 330 g/mol. The van der Waals surface area contributed by atoms with Crippen LogP contribution in [0.25, 0.3) is 0 Å². The molecular formula is C19H22O5. The summed E-state index contributed by atoms with van der Waals surface area (Å²) in [6.07, 6.45) is 1.35. The van der Waals surface area contributed by atoms with Gasteiger partial charge in [0.1, 0.15) is 0 Å². The van der Waals surface area contributed by atoms with Gasteiger partial charge in [0, 0.05) is 23.3 Å². The fourth-order valence-corrected chi connectivity index (χ4v) is 4.53. The number of carbonyl (C=O) groups excluding carboxylic acids is 2. The summed E-state index contributed by atoms with van der Waals surface area (Å²) in [6.45, 7) is 3.89. The Kier molecular flexibility index (Phi) is 3.90. The van der Waals surface area contributed by atoms with E-state index in [9.17, 15) is 9.59 Å². The van der Waals surface area contributed by atoms with E-state index in [2.05, 4.69) is 0 Å². The number of Topliss-reactive ketones (excluding diaryl/α,β-unsaturated/α-hetero) is 1. The van der Waals surface area contributed by atoms with Gasteiger partial charge in [-0.3, -0.25) is 9.59 Å². The van der Waals surface area contributed by atoms with Gasteiger partial charge in [0.25, 0.3) is 0 Å². The molecule has 0 radical (unpaired) electrons. The lowest BCUT2D eigenvalue weighted by Gasteiger charge is -2.58. The number of rotatable bonds is 4. The van der Waals surface area contributed by atoms with E-state index >= 15 is 0 Å². The van der Waals surface area contributed by atoms with E-state index in [-0.39, 0.29) is 35.1 Å². The number of ketones is 2. The third-order valence-electron chi connectivity index (χ3n) is 5.65. The molecule has 5 nitrogen and oxygen atoms in total. The number of methoxy groups -OCH3 is 3. The molecule has 3 rings (SSSR count). The normalized spacial score (nSPS) is 31.7. The van der Waals surface area contributed by atoms with Crippen LogP contribution in [-0.2, 0) is 14.3 Å². The van der Waals surface area contributed by atoms with Gasteiger partial charge in [-0.25, -0.2) is 0 Å². The molecule has 2 aliphatic rings. The van der Waals surface area contributed by atoms with Crippen LogP contribution >= 0.6 is 0 Å². The largest absolute Gasteiger partial charge is 0.493 e. The molecule has 1 saturated carbocycles. The van der Waals surface area contributed by atoms with Crippen LogP contribution < -0.4 is 9.47 Å². The van der Waals surface area contributed by atoms with Gasteiger partial charge in [-0.15, -0.1) is 0 Å². The molecule has 0 amide bonds. The summed E-state index contributed by atoms with van der Waals surface area (Å²) in [5.74, 6) is 0.949. The number of ether oxygens (including phenoxy) is 3. The second-order valence-electron chi connectivity index (χ2n) is 6.65. The van der Waals surface area contributed by atoms with Gasteiger partial charge < -0.3 is 14.2 Å². The monoisotopic (exact) mass is 330 g/mol. The summed E-state index contributed by atoms with van der Waals surface area (Å²) >= 11 is 0. The molecule has 0 spiro atoms. The molecule has 0 aliphatic heterocycles. The number of fused-ring (bicyclic) bond motifs is 1. The summed E-state index contributed by atoms with van der Waals surface area (Å²) in [4.78, 5) is 25.3. The molecular weight excluding hydrogens is 308 g/mol. The minimum Gasteiger partial charge on any atom is -0.493 e. The second-order valence-corrected chi connectivity index (χ2v) is 6.65. The Morgan fingerprint density at radius 3 is 2.21 bits per heavy atom. The molecule has 0 saturated heterocycles. The third kappa shape index (κ3) is 2.00. The molecule has 0 aromatic heterocycles. The maximum Gasteiger partial charge on any atom is 0.201 e. The van der Waals surface area contributed by atoms with Gasteiger partial charge in [0.2, 0.25) is 5.78 Å². The molecule has 3 unspecified atom stereocenters. The molecule has 5 heteroatoms. The predicted molar refractivity (Wildman–Crippen MR) is 88.2 cm³/mol. The van der Waals surface area contributed by atoms with Crippen LogP contribution in [0.15, 0.2) is 30.0 Å². The van der Waals surface area contributed by atoms with Gasteiger partial charge in [0.05, 0.1) is 21.3 Å². The SMILES string of the molecule is COC1=CC(=O)[C@@]2(C)C(C1=O)C(C)C2c1ccc(OC)c(OC)c1. The Balaban J connectivity index is 2.04. The molecule has 0 heterocycles. The first-order valence-electron chi connectivity index (χ1n) is 7.96. The predicted octanol–water partition coefficient (Wildman–Crippen LogP) is 2.74. The minimum absolute atomic E-state index is 0.0448. The number of allylic oxidation sites excluding steroid dienone is 2. The summed E-state index contributed by atoms with van der Waals surface area (Å²) in [6, 6.07) is 5.68. The van der Waals surface area contributed by atoms with Gasteiger partial charge in [0.15, 0.2) is 23.0 Å². The van der Waals surface area contributed by atoms with Crippen molar-refractivity contribution in [1.29, 1.82) is 0 Å². The van der Waals surface area contributed by atoms with Crippen molar-refractivity contribution in [2.75, 3.05) is 21.3 Å². The molecule has 0 bridgehead atoms. The van der Waals surface area contributed by atoms with Gasteiger partial charge in [-0.05, 0) is 23.6 Å². The number of benzene rings is 1. The highest BCUT2D eigenvalue weighted by molar-refractivity contribution is 6.13. The van der Waals surface area contributed by atoms with Crippen LogP contribution in [0.2, 0.25) is 0 Å². The summed E-state index contributed by atoms with van der Waals surface area (Å²) in [5, 5.41) is 0.